The molecule has 0 aliphatic carbocycles. The van der Waals surface area contributed by atoms with Gasteiger partial charge in [-0.05, 0) is 43.7 Å². The second kappa shape index (κ2) is 9.66. The minimum absolute atomic E-state index is 0.0103. The van der Waals surface area contributed by atoms with Crippen LogP contribution >= 0.6 is 0 Å². The molecule has 0 aromatic heterocycles. The monoisotopic (exact) mass is 425 g/mol. The van der Waals surface area contributed by atoms with Crippen molar-refractivity contribution in [1.29, 1.82) is 0 Å². The van der Waals surface area contributed by atoms with Crippen molar-refractivity contribution < 1.29 is 28.9 Å². The summed E-state index contributed by atoms with van der Waals surface area (Å²) in [6, 6.07) is 13.1. The molecule has 0 bridgehead atoms. The number of ether oxygens (including phenoxy) is 3. The molecule has 3 rings (SSSR count). The molecular formula is C24H27NO6. The minimum atomic E-state index is -0.767. The number of methoxy groups -OCH3 is 2. The summed E-state index contributed by atoms with van der Waals surface area (Å²) < 4.78 is 16.1. The number of Topliss-reactive ketones (excluding diaryl/α,β-unsaturated/α-hetero) is 1. The number of hydrogen-bond acceptors (Lipinski definition) is 6. The van der Waals surface area contributed by atoms with E-state index in [1.807, 2.05) is 13.8 Å². The summed E-state index contributed by atoms with van der Waals surface area (Å²) in [6.45, 7) is 4.27. The number of rotatable bonds is 8. The molecule has 2 aromatic rings. The largest absolute Gasteiger partial charge is 0.507 e. The van der Waals surface area contributed by atoms with Crippen molar-refractivity contribution in [1.82, 2.24) is 4.90 Å². The number of likely N-dealkylation sites (tertiary alicyclic amines) is 1. The molecule has 164 valence electrons. The maximum atomic E-state index is 13.0. The first-order valence-electron chi connectivity index (χ1n) is 10.1. The summed E-state index contributed by atoms with van der Waals surface area (Å²) in [5, 5.41) is 11.1. The number of aliphatic hydroxyl groups excluding tert-OH is 1. The van der Waals surface area contributed by atoms with Crippen LogP contribution in [0.2, 0.25) is 0 Å². The van der Waals surface area contributed by atoms with Crippen LogP contribution in [0, 0.1) is 0 Å². The first kappa shape index (κ1) is 22.4. The molecule has 1 unspecified atom stereocenters. The minimum Gasteiger partial charge on any atom is -0.507 e. The van der Waals surface area contributed by atoms with E-state index in [1.54, 1.807) is 55.6 Å². The van der Waals surface area contributed by atoms with Crippen molar-refractivity contribution in [2.24, 2.45) is 0 Å². The van der Waals surface area contributed by atoms with Crippen LogP contribution in [-0.4, -0.2) is 55.2 Å². The number of carbonyl (C=O) groups excluding carboxylic acids is 2. The van der Waals surface area contributed by atoms with Crippen molar-refractivity contribution in [3.8, 4) is 11.5 Å². The number of hydrogen-bond donors (Lipinski definition) is 1. The smallest absolute Gasteiger partial charge is 0.295 e. The highest BCUT2D eigenvalue weighted by molar-refractivity contribution is 6.46. The van der Waals surface area contributed by atoms with E-state index in [0.717, 1.165) is 0 Å². The van der Waals surface area contributed by atoms with E-state index in [-0.39, 0.29) is 30.6 Å². The zero-order chi connectivity index (χ0) is 22.5. The molecule has 1 N–H and O–H groups in total. The highest BCUT2D eigenvalue weighted by Crippen LogP contribution is 2.40. The van der Waals surface area contributed by atoms with Gasteiger partial charge >= 0.3 is 0 Å². The summed E-state index contributed by atoms with van der Waals surface area (Å²) in [5.74, 6) is -0.552. The molecule has 2 aromatic carbocycles. The van der Waals surface area contributed by atoms with Crippen LogP contribution < -0.4 is 9.47 Å². The molecule has 7 nitrogen and oxygen atoms in total. The Bertz CT molecular complexity index is 997. The maximum Gasteiger partial charge on any atom is 0.295 e. The standard InChI is InChI=1S/C24H27NO6/c1-15(2)31-12-11-25-21(16-7-5-9-18(13-16)29-3)20(23(27)24(25)28)22(26)17-8-6-10-19(14-17)30-4/h5-10,13-15,21,26H,11-12H2,1-4H3/b22-20-. The van der Waals surface area contributed by atoms with Gasteiger partial charge in [0.15, 0.2) is 0 Å². The molecule has 1 saturated heterocycles. The van der Waals surface area contributed by atoms with E-state index < -0.39 is 17.7 Å². The van der Waals surface area contributed by atoms with Crippen LogP contribution in [0.25, 0.3) is 5.76 Å². The van der Waals surface area contributed by atoms with E-state index in [9.17, 15) is 14.7 Å². The van der Waals surface area contributed by atoms with E-state index in [4.69, 9.17) is 14.2 Å². The SMILES string of the molecule is COc1cccc(/C(O)=C2/C(=O)C(=O)N(CCOC(C)C)C2c2cccc(OC)c2)c1. The molecule has 0 radical (unpaired) electrons. The molecule has 1 amide bonds. The Hall–Kier alpha value is -3.32. The normalized spacial score (nSPS) is 18.0. The zero-order valence-corrected chi connectivity index (χ0v) is 18.1. The highest BCUT2D eigenvalue weighted by Gasteiger charge is 2.46. The number of benzene rings is 2. The average Bonchev–Trinajstić information content (AvgIpc) is 3.03. The fraction of sp³-hybridized carbons (Fsp3) is 0.333. The predicted octanol–water partition coefficient (Wildman–Crippen LogP) is 3.55. The Labute approximate surface area is 181 Å². The number of carbonyl (C=O) groups is 2. The fourth-order valence-electron chi connectivity index (χ4n) is 3.58. The van der Waals surface area contributed by atoms with Crippen molar-refractivity contribution in [3.05, 3.63) is 65.2 Å². The quantitative estimate of drug-likeness (QED) is 0.396. The van der Waals surface area contributed by atoms with Gasteiger partial charge in [0.05, 0.1) is 38.5 Å². The Morgan fingerprint density at radius 2 is 1.68 bits per heavy atom. The van der Waals surface area contributed by atoms with Gasteiger partial charge in [0, 0.05) is 12.1 Å². The molecule has 1 fully saturated rings. The van der Waals surface area contributed by atoms with Gasteiger partial charge in [-0.2, -0.15) is 0 Å². The summed E-state index contributed by atoms with van der Waals surface area (Å²) in [7, 11) is 3.06. The maximum absolute atomic E-state index is 13.0. The van der Waals surface area contributed by atoms with Crippen LogP contribution in [0.3, 0.4) is 0 Å². The van der Waals surface area contributed by atoms with E-state index in [2.05, 4.69) is 0 Å². The van der Waals surface area contributed by atoms with Crippen LogP contribution in [0.15, 0.2) is 54.1 Å². The Kier molecular flexibility index (Phi) is 6.97. The molecule has 1 aliphatic heterocycles. The van der Waals surface area contributed by atoms with Gasteiger partial charge in [-0.1, -0.05) is 24.3 Å². The van der Waals surface area contributed by atoms with E-state index in [0.29, 0.717) is 22.6 Å². The van der Waals surface area contributed by atoms with Gasteiger partial charge in [-0.25, -0.2) is 0 Å². The topological polar surface area (TPSA) is 85.3 Å². The molecule has 7 heteroatoms. The van der Waals surface area contributed by atoms with Crippen LogP contribution in [0.4, 0.5) is 0 Å². The number of amides is 1. The number of nitrogens with zero attached hydrogens (tertiary/aromatic N) is 1. The lowest BCUT2D eigenvalue weighted by Gasteiger charge is -2.26. The van der Waals surface area contributed by atoms with Gasteiger partial charge in [-0.15, -0.1) is 0 Å². The number of aliphatic hydroxyl groups is 1. The third-order valence-electron chi connectivity index (χ3n) is 5.08. The second-order valence-corrected chi connectivity index (χ2v) is 7.42. The van der Waals surface area contributed by atoms with Gasteiger partial charge in [0.2, 0.25) is 0 Å². The highest BCUT2D eigenvalue weighted by atomic mass is 16.5. The van der Waals surface area contributed by atoms with E-state index >= 15 is 0 Å². The van der Waals surface area contributed by atoms with Crippen LogP contribution in [0.1, 0.15) is 31.0 Å². The Morgan fingerprint density at radius 1 is 1.03 bits per heavy atom. The number of ketones is 1. The molecule has 1 aliphatic rings. The lowest BCUT2D eigenvalue weighted by atomic mass is 9.95. The third-order valence-corrected chi connectivity index (χ3v) is 5.08. The third kappa shape index (κ3) is 4.72. The van der Waals surface area contributed by atoms with Gasteiger partial charge < -0.3 is 24.2 Å². The molecule has 1 heterocycles. The molecule has 1 atom stereocenters. The van der Waals surface area contributed by atoms with Crippen molar-refractivity contribution >= 4 is 17.4 Å². The average molecular weight is 425 g/mol. The van der Waals surface area contributed by atoms with Crippen LogP contribution in [-0.2, 0) is 14.3 Å². The zero-order valence-electron chi connectivity index (χ0n) is 18.1. The van der Waals surface area contributed by atoms with E-state index in [1.165, 1.54) is 12.0 Å². The predicted molar refractivity (Wildman–Crippen MR) is 116 cm³/mol. The summed E-state index contributed by atoms with van der Waals surface area (Å²) in [5.41, 5.74) is 1.08. The second-order valence-electron chi connectivity index (χ2n) is 7.42. The molecular weight excluding hydrogens is 398 g/mol. The van der Waals surface area contributed by atoms with Crippen LogP contribution in [0.5, 0.6) is 11.5 Å². The Balaban J connectivity index is 2.12. The van der Waals surface area contributed by atoms with Crippen molar-refractivity contribution in [2.75, 3.05) is 27.4 Å². The summed E-state index contributed by atoms with van der Waals surface area (Å²) >= 11 is 0. The van der Waals surface area contributed by atoms with Gasteiger partial charge in [-0.3, -0.25) is 9.59 Å². The first-order valence-corrected chi connectivity index (χ1v) is 10.1. The van der Waals surface area contributed by atoms with Crippen molar-refractivity contribution in [3.63, 3.8) is 0 Å². The summed E-state index contributed by atoms with van der Waals surface area (Å²) in [4.78, 5) is 27.4. The fourth-order valence-corrected chi connectivity index (χ4v) is 3.58. The van der Waals surface area contributed by atoms with Gasteiger partial charge in [0.25, 0.3) is 11.7 Å². The first-order chi connectivity index (χ1) is 14.9. The lowest BCUT2D eigenvalue weighted by molar-refractivity contribution is -0.140. The van der Waals surface area contributed by atoms with Gasteiger partial charge in [0.1, 0.15) is 17.3 Å². The summed E-state index contributed by atoms with van der Waals surface area (Å²) in [6.07, 6.45) is -0.0103. The molecule has 31 heavy (non-hydrogen) atoms. The molecule has 0 spiro atoms. The molecule has 0 saturated carbocycles. The lowest BCUT2D eigenvalue weighted by Crippen LogP contribution is -2.33. The van der Waals surface area contributed by atoms with Crippen molar-refractivity contribution in [2.45, 2.75) is 26.0 Å². The Morgan fingerprint density at radius 3 is 2.32 bits per heavy atom.